The van der Waals surface area contributed by atoms with Gasteiger partial charge in [-0.3, -0.25) is 0 Å². The number of nitrogens with zero attached hydrogens (tertiary/aromatic N) is 2. The molecule has 2 nitrogen and oxygen atoms in total. The third-order valence-electron chi connectivity index (χ3n) is 3.27. The van der Waals surface area contributed by atoms with E-state index < -0.39 is 0 Å². The lowest BCUT2D eigenvalue weighted by atomic mass is 10.0. The maximum atomic E-state index is 5.81. The monoisotopic (exact) mass is 238 g/mol. The van der Waals surface area contributed by atoms with Gasteiger partial charge in [0.15, 0.2) is 0 Å². The molecule has 1 aliphatic rings. The van der Waals surface area contributed by atoms with Crippen molar-refractivity contribution < 1.29 is 0 Å². The van der Waals surface area contributed by atoms with Gasteiger partial charge in [-0.25, -0.2) is 4.98 Å². The Kier molecular flexibility index (Phi) is 4.05. The smallest absolute Gasteiger partial charge is 0.128 e. The van der Waals surface area contributed by atoms with Gasteiger partial charge in [0.1, 0.15) is 5.82 Å². The van der Waals surface area contributed by atoms with Crippen molar-refractivity contribution in [2.75, 3.05) is 18.0 Å². The van der Waals surface area contributed by atoms with Crippen LogP contribution in [0.3, 0.4) is 0 Å². The van der Waals surface area contributed by atoms with Crippen LogP contribution in [0.2, 0.25) is 0 Å². The summed E-state index contributed by atoms with van der Waals surface area (Å²) in [5, 5.41) is 0. The third kappa shape index (κ3) is 2.88. The Labute approximate surface area is 103 Å². The Bertz CT molecular complexity index is 340. The first kappa shape index (κ1) is 11.7. The summed E-state index contributed by atoms with van der Waals surface area (Å²) in [4.78, 5) is 6.96. The van der Waals surface area contributed by atoms with Crippen LogP contribution in [0.5, 0.6) is 0 Å². The van der Waals surface area contributed by atoms with E-state index in [2.05, 4.69) is 22.9 Å². The molecular weight excluding hydrogens is 220 g/mol. The van der Waals surface area contributed by atoms with Crippen LogP contribution < -0.4 is 4.90 Å². The number of hydrogen-bond acceptors (Lipinski definition) is 2. The molecular formula is C13H19ClN2. The molecule has 1 unspecified atom stereocenters. The lowest BCUT2D eigenvalue weighted by Crippen LogP contribution is -2.25. The Morgan fingerprint density at radius 1 is 1.38 bits per heavy atom. The zero-order chi connectivity index (χ0) is 11.4. The van der Waals surface area contributed by atoms with E-state index in [0.717, 1.165) is 30.5 Å². The van der Waals surface area contributed by atoms with Crippen LogP contribution in [0.4, 0.5) is 5.82 Å². The summed E-state index contributed by atoms with van der Waals surface area (Å²) in [5.41, 5.74) is 0.969. The summed E-state index contributed by atoms with van der Waals surface area (Å²) in [6, 6.07) is 6.12. The predicted molar refractivity (Wildman–Crippen MR) is 69.0 cm³/mol. The predicted octanol–water partition coefficient (Wildman–Crippen LogP) is 3.45. The minimum atomic E-state index is 0.498. The van der Waals surface area contributed by atoms with Gasteiger partial charge in [-0.15, -0.1) is 11.6 Å². The topological polar surface area (TPSA) is 16.1 Å². The van der Waals surface area contributed by atoms with Crippen molar-refractivity contribution in [3.8, 4) is 0 Å². The zero-order valence-electron chi connectivity index (χ0n) is 9.82. The molecule has 1 aromatic heterocycles. The van der Waals surface area contributed by atoms with E-state index in [1.807, 2.05) is 12.1 Å². The average Bonchev–Trinajstić information content (AvgIpc) is 2.54. The van der Waals surface area contributed by atoms with Crippen LogP contribution in [-0.2, 0) is 5.88 Å². The van der Waals surface area contributed by atoms with Crippen molar-refractivity contribution in [2.45, 2.75) is 32.1 Å². The maximum Gasteiger partial charge on any atom is 0.128 e. The number of halogens is 1. The molecule has 2 heterocycles. The number of anilines is 1. The van der Waals surface area contributed by atoms with E-state index in [9.17, 15) is 0 Å². The minimum Gasteiger partial charge on any atom is -0.357 e. The van der Waals surface area contributed by atoms with Crippen LogP contribution in [0.25, 0.3) is 0 Å². The Morgan fingerprint density at radius 3 is 3.06 bits per heavy atom. The first-order valence-electron chi connectivity index (χ1n) is 6.06. The highest BCUT2D eigenvalue weighted by Gasteiger charge is 2.14. The molecule has 0 spiro atoms. The molecule has 88 valence electrons. The van der Waals surface area contributed by atoms with Crippen LogP contribution in [0, 0.1) is 5.92 Å². The van der Waals surface area contributed by atoms with Crippen molar-refractivity contribution in [3.05, 3.63) is 23.9 Å². The zero-order valence-corrected chi connectivity index (χ0v) is 10.6. The maximum absolute atomic E-state index is 5.81. The number of rotatable bonds is 2. The summed E-state index contributed by atoms with van der Waals surface area (Å²) < 4.78 is 0. The van der Waals surface area contributed by atoms with Crippen molar-refractivity contribution in [1.82, 2.24) is 4.98 Å². The molecule has 0 aromatic carbocycles. The van der Waals surface area contributed by atoms with Gasteiger partial charge in [0, 0.05) is 13.1 Å². The van der Waals surface area contributed by atoms with Gasteiger partial charge in [-0.2, -0.15) is 0 Å². The average molecular weight is 239 g/mol. The first-order valence-corrected chi connectivity index (χ1v) is 6.60. The highest BCUT2D eigenvalue weighted by Crippen LogP contribution is 2.21. The van der Waals surface area contributed by atoms with Crippen LogP contribution in [-0.4, -0.2) is 18.1 Å². The standard InChI is InChI=1S/C13H19ClN2/c1-11-4-3-8-16(9-7-11)13-6-2-5-12(10-14)15-13/h2,5-6,11H,3-4,7-10H2,1H3. The van der Waals surface area contributed by atoms with E-state index in [-0.39, 0.29) is 0 Å². The van der Waals surface area contributed by atoms with Crippen LogP contribution in [0.15, 0.2) is 18.2 Å². The largest absolute Gasteiger partial charge is 0.357 e. The van der Waals surface area contributed by atoms with E-state index in [1.165, 1.54) is 19.3 Å². The van der Waals surface area contributed by atoms with Crippen LogP contribution >= 0.6 is 11.6 Å². The van der Waals surface area contributed by atoms with Crippen molar-refractivity contribution in [2.24, 2.45) is 5.92 Å². The second kappa shape index (κ2) is 5.53. The second-order valence-corrected chi connectivity index (χ2v) is 4.91. The minimum absolute atomic E-state index is 0.498. The Morgan fingerprint density at radius 2 is 2.25 bits per heavy atom. The van der Waals surface area contributed by atoms with Crippen molar-refractivity contribution in [1.29, 1.82) is 0 Å². The number of aromatic nitrogens is 1. The van der Waals surface area contributed by atoms with E-state index in [1.54, 1.807) is 0 Å². The normalized spacial score (nSPS) is 21.9. The fourth-order valence-electron chi connectivity index (χ4n) is 2.21. The van der Waals surface area contributed by atoms with Gasteiger partial charge >= 0.3 is 0 Å². The summed E-state index contributed by atoms with van der Waals surface area (Å²) in [6.07, 6.45) is 3.88. The summed E-state index contributed by atoms with van der Waals surface area (Å²) in [7, 11) is 0. The van der Waals surface area contributed by atoms with Gasteiger partial charge in [-0.1, -0.05) is 13.0 Å². The van der Waals surface area contributed by atoms with Gasteiger partial charge in [0.05, 0.1) is 11.6 Å². The molecule has 0 aliphatic carbocycles. The SMILES string of the molecule is CC1CCCN(c2cccc(CCl)n2)CC1. The fraction of sp³-hybridized carbons (Fsp3) is 0.615. The molecule has 2 rings (SSSR count). The highest BCUT2D eigenvalue weighted by atomic mass is 35.5. The lowest BCUT2D eigenvalue weighted by molar-refractivity contribution is 0.521. The molecule has 0 bridgehead atoms. The molecule has 1 fully saturated rings. The molecule has 1 aliphatic heterocycles. The summed E-state index contributed by atoms with van der Waals surface area (Å²) >= 11 is 5.81. The van der Waals surface area contributed by atoms with Gasteiger partial charge in [0.25, 0.3) is 0 Å². The molecule has 0 radical (unpaired) electrons. The highest BCUT2D eigenvalue weighted by molar-refractivity contribution is 6.16. The molecule has 1 saturated heterocycles. The van der Waals surface area contributed by atoms with E-state index in [4.69, 9.17) is 11.6 Å². The lowest BCUT2D eigenvalue weighted by Gasteiger charge is -2.21. The third-order valence-corrected chi connectivity index (χ3v) is 3.54. The fourth-order valence-corrected chi connectivity index (χ4v) is 2.36. The number of pyridine rings is 1. The summed E-state index contributed by atoms with van der Waals surface area (Å²) in [5.74, 6) is 2.44. The van der Waals surface area contributed by atoms with Gasteiger partial charge in [0.2, 0.25) is 0 Å². The second-order valence-electron chi connectivity index (χ2n) is 4.64. The van der Waals surface area contributed by atoms with Crippen molar-refractivity contribution in [3.63, 3.8) is 0 Å². The summed E-state index contributed by atoms with van der Waals surface area (Å²) in [6.45, 7) is 4.59. The molecule has 16 heavy (non-hydrogen) atoms. The Balaban J connectivity index is 2.10. The van der Waals surface area contributed by atoms with Crippen molar-refractivity contribution >= 4 is 17.4 Å². The molecule has 0 N–H and O–H groups in total. The Hall–Kier alpha value is -0.760. The first-order chi connectivity index (χ1) is 7.79. The number of hydrogen-bond donors (Lipinski definition) is 0. The molecule has 0 amide bonds. The van der Waals surface area contributed by atoms with Gasteiger partial charge < -0.3 is 4.90 Å². The molecule has 1 aromatic rings. The van der Waals surface area contributed by atoms with E-state index in [0.29, 0.717) is 5.88 Å². The van der Waals surface area contributed by atoms with Gasteiger partial charge in [-0.05, 0) is 37.3 Å². The molecule has 1 atom stereocenters. The molecule has 0 saturated carbocycles. The molecule has 3 heteroatoms. The quantitative estimate of drug-likeness (QED) is 0.734. The van der Waals surface area contributed by atoms with Crippen LogP contribution in [0.1, 0.15) is 31.9 Å². The number of alkyl halides is 1. The van der Waals surface area contributed by atoms with E-state index >= 15 is 0 Å².